The van der Waals surface area contributed by atoms with Gasteiger partial charge in [-0.3, -0.25) is 9.52 Å². The standard InChI is InChI=1S/C25H24N2O7S/c1-27(16-17-2-8-21-23(14-17)33-12-10-31-21)25(28)18-3-5-19(6-4-18)26-35(29,30)20-7-9-22-24(15-20)34-13-11-32-22/h2-9,14-15,26H,10-13,16H2,1H3. The van der Waals surface area contributed by atoms with Gasteiger partial charge in [0.1, 0.15) is 26.4 Å². The number of amides is 1. The highest BCUT2D eigenvalue weighted by atomic mass is 32.2. The van der Waals surface area contributed by atoms with Crippen molar-refractivity contribution >= 4 is 21.6 Å². The first-order valence-electron chi connectivity index (χ1n) is 11.1. The van der Waals surface area contributed by atoms with Gasteiger partial charge in [0.15, 0.2) is 23.0 Å². The average molecular weight is 497 g/mol. The summed E-state index contributed by atoms with van der Waals surface area (Å²) in [5, 5.41) is 0. The molecule has 5 rings (SSSR count). The summed E-state index contributed by atoms with van der Waals surface area (Å²) in [6.07, 6.45) is 0. The molecular formula is C25H24N2O7S. The van der Waals surface area contributed by atoms with Crippen molar-refractivity contribution in [3.8, 4) is 23.0 Å². The van der Waals surface area contributed by atoms with Crippen molar-refractivity contribution in [2.75, 3.05) is 38.2 Å². The summed E-state index contributed by atoms with van der Waals surface area (Å²) in [5.41, 5.74) is 1.69. The Morgan fingerprint density at radius 3 is 2.03 bits per heavy atom. The zero-order valence-corrected chi connectivity index (χ0v) is 19.8. The predicted octanol–water partition coefficient (Wildman–Crippen LogP) is 3.30. The second kappa shape index (κ2) is 9.38. The molecule has 1 amide bonds. The fourth-order valence-corrected chi connectivity index (χ4v) is 4.91. The van der Waals surface area contributed by atoms with Crippen molar-refractivity contribution in [2.45, 2.75) is 11.4 Å². The van der Waals surface area contributed by atoms with Gasteiger partial charge < -0.3 is 23.8 Å². The summed E-state index contributed by atoms with van der Waals surface area (Å²) in [7, 11) is -2.14. The first-order valence-corrected chi connectivity index (χ1v) is 12.5. The molecule has 10 heteroatoms. The van der Waals surface area contributed by atoms with Crippen molar-refractivity contribution < 1.29 is 32.2 Å². The van der Waals surface area contributed by atoms with Crippen molar-refractivity contribution in [3.05, 3.63) is 71.8 Å². The Hall–Kier alpha value is -3.92. The molecule has 0 fully saturated rings. The Labute approximate surface area is 203 Å². The molecule has 35 heavy (non-hydrogen) atoms. The molecule has 2 aliphatic rings. The fourth-order valence-electron chi connectivity index (χ4n) is 3.84. The van der Waals surface area contributed by atoms with Gasteiger partial charge in [-0.1, -0.05) is 6.07 Å². The van der Waals surface area contributed by atoms with Crippen LogP contribution < -0.4 is 23.7 Å². The normalized spacial score (nSPS) is 14.2. The van der Waals surface area contributed by atoms with Crippen molar-refractivity contribution in [1.82, 2.24) is 4.90 Å². The predicted molar refractivity (Wildman–Crippen MR) is 128 cm³/mol. The number of nitrogens with zero attached hydrogens (tertiary/aromatic N) is 1. The van der Waals surface area contributed by atoms with E-state index in [1.165, 1.54) is 12.1 Å². The number of hydrogen-bond donors (Lipinski definition) is 1. The van der Waals surface area contributed by atoms with Gasteiger partial charge in [0.05, 0.1) is 4.90 Å². The fraction of sp³-hybridized carbons (Fsp3) is 0.240. The number of sulfonamides is 1. The third kappa shape index (κ3) is 4.97. The highest BCUT2D eigenvalue weighted by Crippen LogP contribution is 2.33. The van der Waals surface area contributed by atoms with E-state index in [-0.39, 0.29) is 10.8 Å². The van der Waals surface area contributed by atoms with E-state index in [1.807, 2.05) is 18.2 Å². The van der Waals surface area contributed by atoms with Gasteiger partial charge >= 0.3 is 0 Å². The summed E-state index contributed by atoms with van der Waals surface area (Å²) in [6.45, 7) is 2.19. The zero-order valence-electron chi connectivity index (χ0n) is 19.0. The van der Waals surface area contributed by atoms with Crippen LogP contribution in [0.3, 0.4) is 0 Å². The van der Waals surface area contributed by atoms with Gasteiger partial charge in [-0.25, -0.2) is 8.42 Å². The third-order valence-electron chi connectivity index (χ3n) is 5.58. The quantitative estimate of drug-likeness (QED) is 0.559. The molecule has 3 aromatic rings. The van der Waals surface area contributed by atoms with E-state index in [2.05, 4.69) is 4.72 Å². The minimum Gasteiger partial charge on any atom is -0.486 e. The number of anilines is 1. The minimum absolute atomic E-state index is 0.0565. The number of ether oxygens (including phenoxy) is 4. The maximum atomic E-state index is 12.9. The largest absolute Gasteiger partial charge is 0.486 e. The SMILES string of the molecule is CN(Cc1ccc2c(c1)OCCO2)C(=O)c1ccc(NS(=O)(=O)c2ccc3c(c2)OCCO3)cc1. The first kappa shape index (κ1) is 22.9. The van der Waals surface area contributed by atoms with Crippen molar-refractivity contribution in [3.63, 3.8) is 0 Å². The molecule has 0 radical (unpaired) electrons. The molecule has 0 spiro atoms. The maximum Gasteiger partial charge on any atom is 0.262 e. The van der Waals surface area contributed by atoms with Crippen LogP contribution in [0.25, 0.3) is 0 Å². The second-order valence-corrected chi connectivity index (χ2v) is 9.81. The number of benzene rings is 3. The van der Waals surface area contributed by atoms with Crippen molar-refractivity contribution in [2.24, 2.45) is 0 Å². The summed E-state index contributed by atoms with van der Waals surface area (Å²) in [4.78, 5) is 14.5. The Morgan fingerprint density at radius 2 is 1.37 bits per heavy atom. The summed E-state index contributed by atoms with van der Waals surface area (Å²) in [5.74, 6) is 2.08. The lowest BCUT2D eigenvalue weighted by Gasteiger charge is -2.21. The minimum atomic E-state index is -3.85. The molecule has 3 aromatic carbocycles. The topological polar surface area (TPSA) is 103 Å². The van der Waals surface area contributed by atoms with Gasteiger partial charge in [-0.05, 0) is 54.1 Å². The van der Waals surface area contributed by atoms with E-state index >= 15 is 0 Å². The first-order chi connectivity index (χ1) is 16.9. The average Bonchev–Trinajstić information content (AvgIpc) is 2.88. The molecule has 182 valence electrons. The van der Waals surface area contributed by atoms with Crippen LogP contribution in [-0.4, -0.2) is 52.7 Å². The lowest BCUT2D eigenvalue weighted by molar-refractivity contribution is 0.0785. The summed E-state index contributed by atoms with van der Waals surface area (Å²) >= 11 is 0. The van der Waals surface area contributed by atoms with Crippen LogP contribution in [-0.2, 0) is 16.6 Å². The van der Waals surface area contributed by atoms with Gasteiger partial charge in [0, 0.05) is 30.9 Å². The van der Waals surface area contributed by atoms with Crippen LogP contribution >= 0.6 is 0 Å². The molecule has 2 heterocycles. The van der Waals surface area contributed by atoms with Gasteiger partial charge in [-0.2, -0.15) is 0 Å². The van der Waals surface area contributed by atoms with E-state index in [4.69, 9.17) is 18.9 Å². The van der Waals surface area contributed by atoms with E-state index in [9.17, 15) is 13.2 Å². The lowest BCUT2D eigenvalue weighted by atomic mass is 10.1. The molecule has 0 unspecified atom stereocenters. The summed E-state index contributed by atoms with van der Waals surface area (Å²) in [6, 6.07) is 16.4. The van der Waals surface area contributed by atoms with Crippen molar-refractivity contribution in [1.29, 1.82) is 0 Å². The smallest absolute Gasteiger partial charge is 0.262 e. The van der Waals surface area contributed by atoms with E-state index in [1.54, 1.807) is 42.3 Å². The second-order valence-electron chi connectivity index (χ2n) is 8.13. The molecule has 9 nitrogen and oxygen atoms in total. The lowest BCUT2D eigenvalue weighted by Crippen LogP contribution is -2.26. The zero-order chi connectivity index (χ0) is 24.4. The Kier molecular flexibility index (Phi) is 6.12. The van der Waals surface area contributed by atoms with Crippen LogP contribution in [0.1, 0.15) is 15.9 Å². The van der Waals surface area contributed by atoms with Crippen LogP contribution in [0.5, 0.6) is 23.0 Å². The molecule has 0 saturated heterocycles. The van der Waals surface area contributed by atoms with E-state index in [0.717, 1.165) is 5.56 Å². The Balaban J connectivity index is 1.24. The molecule has 2 aliphatic heterocycles. The molecule has 0 saturated carbocycles. The summed E-state index contributed by atoms with van der Waals surface area (Å²) < 4.78 is 50.2. The number of carbonyl (C=O) groups is 1. The van der Waals surface area contributed by atoms with Crippen LogP contribution in [0.15, 0.2) is 65.6 Å². The van der Waals surface area contributed by atoms with Gasteiger partial charge in [0.2, 0.25) is 0 Å². The maximum absolute atomic E-state index is 12.9. The van der Waals surface area contributed by atoms with E-state index < -0.39 is 10.0 Å². The van der Waals surface area contributed by atoms with Gasteiger partial charge in [-0.15, -0.1) is 0 Å². The molecular weight excluding hydrogens is 472 g/mol. The van der Waals surface area contributed by atoms with Crippen LogP contribution in [0.4, 0.5) is 5.69 Å². The molecule has 0 atom stereocenters. The molecule has 0 bridgehead atoms. The molecule has 0 aliphatic carbocycles. The number of nitrogens with one attached hydrogen (secondary N) is 1. The van der Waals surface area contributed by atoms with Crippen LogP contribution in [0.2, 0.25) is 0 Å². The number of fused-ring (bicyclic) bond motifs is 2. The number of hydrogen-bond acceptors (Lipinski definition) is 7. The molecule has 0 aromatic heterocycles. The highest BCUT2D eigenvalue weighted by Gasteiger charge is 2.20. The number of carbonyl (C=O) groups excluding carboxylic acids is 1. The number of rotatable bonds is 6. The molecule has 1 N–H and O–H groups in total. The Morgan fingerprint density at radius 1 is 0.800 bits per heavy atom. The Bertz CT molecular complexity index is 1360. The van der Waals surface area contributed by atoms with Gasteiger partial charge in [0.25, 0.3) is 15.9 Å². The monoisotopic (exact) mass is 496 g/mol. The third-order valence-corrected chi connectivity index (χ3v) is 6.96. The van der Waals surface area contributed by atoms with E-state index in [0.29, 0.717) is 67.2 Å². The highest BCUT2D eigenvalue weighted by molar-refractivity contribution is 7.92. The van der Waals surface area contributed by atoms with Crippen LogP contribution in [0, 0.1) is 0 Å².